The van der Waals surface area contributed by atoms with Gasteiger partial charge in [0.05, 0.1) is 17.4 Å². The summed E-state index contributed by atoms with van der Waals surface area (Å²) in [6, 6.07) is 8.52. The highest BCUT2D eigenvalue weighted by molar-refractivity contribution is 7.13. The smallest absolute Gasteiger partial charge is 0.150 e. The van der Waals surface area contributed by atoms with Crippen molar-refractivity contribution in [2.75, 3.05) is 37.6 Å². The number of benzene rings is 1. The molecule has 1 aromatic carbocycles. The van der Waals surface area contributed by atoms with Crippen LogP contribution >= 0.6 is 11.5 Å². The van der Waals surface area contributed by atoms with Gasteiger partial charge in [-0.05, 0) is 36.2 Å². The van der Waals surface area contributed by atoms with E-state index in [-0.39, 0.29) is 0 Å². The zero-order valence-electron chi connectivity index (χ0n) is 13.4. The molecule has 0 saturated carbocycles. The van der Waals surface area contributed by atoms with Gasteiger partial charge in [-0.3, -0.25) is 9.58 Å². The topological polar surface area (TPSA) is 37.2 Å². The van der Waals surface area contributed by atoms with Gasteiger partial charge in [0.15, 0.2) is 0 Å². The number of rotatable bonds is 4. The van der Waals surface area contributed by atoms with E-state index < -0.39 is 0 Å². The number of aromatic nitrogens is 3. The highest BCUT2D eigenvalue weighted by Gasteiger charge is 2.20. The second-order valence-corrected chi connectivity index (χ2v) is 6.92. The summed E-state index contributed by atoms with van der Waals surface area (Å²) in [5, 5.41) is 5.65. The van der Waals surface area contributed by atoms with Gasteiger partial charge in [-0.25, -0.2) is 0 Å². The molecule has 23 heavy (non-hydrogen) atoms. The molecule has 0 bridgehead atoms. The van der Waals surface area contributed by atoms with E-state index in [0.29, 0.717) is 0 Å². The SMILES string of the molecule is Cc1cnn(CCN2CCN(c3nsc4ccccc34)CC2)c1. The van der Waals surface area contributed by atoms with Crippen LogP contribution in [0.2, 0.25) is 0 Å². The highest BCUT2D eigenvalue weighted by atomic mass is 32.1. The lowest BCUT2D eigenvalue weighted by Crippen LogP contribution is -2.47. The molecule has 4 rings (SSSR count). The third-order valence-electron chi connectivity index (χ3n) is 4.44. The Bertz CT molecular complexity index is 785. The average molecular weight is 327 g/mol. The van der Waals surface area contributed by atoms with E-state index >= 15 is 0 Å². The summed E-state index contributed by atoms with van der Waals surface area (Å²) in [6.07, 6.45) is 4.03. The van der Waals surface area contributed by atoms with E-state index in [0.717, 1.165) is 45.1 Å². The third kappa shape index (κ3) is 3.09. The van der Waals surface area contributed by atoms with Crippen LogP contribution in [0.25, 0.3) is 10.1 Å². The first kappa shape index (κ1) is 14.7. The maximum absolute atomic E-state index is 4.68. The first-order valence-corrected chi connectivity index (χ1v) is 8.88. The quantitative estimate of drug-likeness (QED) is 0.738. The van der Waals surface area contributed by atoms with E-state index in [9.17, 15) is 0 Å². The van der Waals surface area contributed by atoms with Crippen molar-refractivity contribution in [1.29, 1.82) is 0 Å². The van der Waals surface area contributed by atoms with E-state index in [2.05, 4.69) is 56.7 Å². The number of piperazine rings is 1. The minimum absolute atomic E-state index is 0.966. The van der Waals surface area contributed by atoms with E-state index in [4.69, 9.17) is 0 Å². The Hall–Kier alpha value is -1.92. The second kappa shape index (κ2) is 6.29. The summed E-state index contributed by atoms with van der Waals surface area (Å²) >= 11 is 1.60. The number of anilines is 1. The van der Waals surface area contributed by atoms with Crippen molar-refractivity contribution in [1.82, 2.24) is 19.1 Å². The summed E-state index contributed by atoms with van der Waals surface area (Å²) in [5.74, 6) is 1.16. The van der Waals surface area contributed by atoms with Crippen molar-refractivity contribution in [2.24, 2.45) is 0 Å². The van der Waals surface area contributed by atoms with Gasteiger partial charge in [0.1, 0.15) is 5.82 Å². The third-order valence-corrected chi connectivity index (χ3v) is 5.25. The molecule has 0 spiro atoms. The number of hydrogen-bond acceptors (Lipinski definition) is 5. The van der Waals surface area contributed by atoms with Crippen LogP contribution in [0.4, 0.5) is 5.82 Å². The normalized spacial score (nSPS) is 16.3. The second-order valence-electron chi connectivity index (χ2n) is 6.11. The van der Waals surface area contributed by atoms with Gasteiger partial charge in [0.2, 0.25) is 0 Å². The van der Waals surface area contributed by atoms with Crippen LogP contribution in [0.3, 0.4) is 0 Å². The Morgan fingerprint density at radius 3 is 2.70 bits per heavy atom. The monoisotopic (exact) mass is 327 g/mol. The number of hydrogen-bond donors (Lipinski definition) is 0. The van der Waals surface area contributed by atoms with Gasteiger partial charge in [-0.15, -0.1) is 0 Å². The molecule has 1 aliphatic heterocycles. The van der Waals surface area contributed by atoms with Gasteiger partial charge in [-0.2, -0.15) is 9.47 Å². The standard InChI is InChI=1S/C17H21N5S/c1-14-12-18-22(13-14)11-8-20-6-9-21(10-7-20)17-15-4-2-3-5-16(15)23-19-17/h2-5,12-13H,6-11H2,1H3. The lowest BCUT2D eigenvalue weighted by molar-refractivity contribution is 0.244. The van der Waals surface area contributed by atoms with Crippen LogP contribution in [0.5, 0.6) is 0 Å². The molecule has 2 aromatic heterocycles. The Morgan fingerprint density at radius 2 is 1.91 bits per heavy atom. The molecule has 6 heteroatoms. The maximum atomic E-state index is 4.68. The predicted octanol–water partition coefficient (Wildman–Crippen LogP) is 2.62. The molecule has 3 aromatic rings. The molecule has 0 unspecified atom stereocenters. The number of aryl methyl sites for hydroxylation is 1. The Kier molecular flexibility index (Phi) is 4.01. The fraction of sp³-hybridized carbons (Fsp3) is 0.412. The fourth-order valence-electron chi connectivity index (χ4n) is 3.12. The van der Waals surface area contributed by atoms with Gasteiger partial charge in [0.25, 0.3) is 0 Å². The van der Waals surface area contributed by atoms with Crippen LogP contribution in [0, 0.1) is 6.92 Å². The molecule has 0 N–H and O–H groups in total. The molecule has 1 aliphatic rings. The zero-order chi connectivity index (χ0) is 15.6. The van der Waals surface area contributed by atoms with Gasteiger partial charge >= 0.3 is 0 Å². The fourth-order valence-corrected chi connectivity index (χ4v) is 3.91. The molecule has 1 fully saturated rings. The number of nitrogens with zero attached hydrogens (tertiary/aromatic N) is 5. The Balaban J connectivity index is 1.35. The molecule has 0 amide bonds. The van der Waals surface area contributed by atoms with Crippen molar-refractivity contribution in [3.8, 4) is 0 Å². The first-order valence-electron chi connectivity index (χ1n) is 8.10. The van der Waals surface area contributed by atoms with Crippen molar-refractivity contribution in [3.63, 3.8) is 0 Å². The molecular formula is C17H21N5S. The minimum atomic E-state index is 0.966. The van der Waals surface area contributed by atoms with Crippen LogP contribution in [-0.4, -0.2) is 51.8 Å². The van der Waals surface area contributed by atoms with Crippen molar-refractivity contribution < 1.29 is 0 Å². The molecule has 1 saturated heterocycles. The average Bonchev–Trinajstić information content (AvgIpc) is 3.20. The zero-order valence-corrected chi connectivity index (χ0v) is 14.2. The molecule has 3 heterocycles. The lowest BCUT2D eigenvalue weighted by Gasteiger charge is -2.35. The summed E-state index contributed by atoms with van der Waals surface area (Å²) < 4.78 is 7.99. The summed E-state index contributed by atoms with van der Waals surface area (Å²) in [4.78, 5) is 4.94. The van der Waals surface area contributed by atoms with Crippen LogP contribution in [0.15, 0.2) is 36.7 Å². The minimum Gasteiger partial charge on any atom is -0.353 e. The van der Waals surface area contributed by atoms with Gasteiger partial charge in [-0.1, -0.05) is 12.1 Å². The van der Waals surface area contributed by atoms with E-state index in [1.165, 1.54) is 15.6 Å². The maximum Gasteiger partial charge on any atom is 0.150 e. The largest absolute Gasteiger partial charge is 0.353 e. The molecule has 5 nitrogen and oxygen atoms in total. The summed E-state index contributed by atoms with van der Waals surface area (Å²) in [6.45, 7) is 8.39. The predicted molar refractivity (Wildman–Crippen MR) is 95.2 cm³/mol. The Morgan fingerprint density at radius 1 is 1.09 bits per heavy atom. The van der Waals surface area contributed by atoms with Crippen molar-refractivity contribution >= 4 is 27.4 Å². The lowest BCUT2D eigenvalue weighted by atomic mass is 10.2. The Labute approximate surface area is 140 Å². The van der Waals surface area contributed by atoms with Crippen LogP contribution in [-0.2, 0) is 6.54 Å². The summed E-state index contributed by atoms with van der Waals surface area (Å²) in [5.41, 5.74) is 1.23. The van der Waals surface area contributed by atoms with Gasteiger partial charge < -0.3 is 4.90 Å². The summed E-state index contributed by atoms with van der Waals surface area (Å²) in [7, 11) is 0. The number of fused-ring (bicyclic) bond motifs is 1. The van der Waals surface area contributed by atoms with Crippen molar-refractivity contribution in [2.45, 2.75) is 13.5 Å². The molecule has 0 aliphatic carbocycles. The van der Waals surface area contributed by atoms with E-state index in [1.807, 2.05) is 10.9 Å². The molecule has 0 atom stereocenters. The molecular weight excluding hydrogens is 306 g/mol. The van der Waals surface area contributed by atoms with Crippen LogP contribution in [0.1, 0.15) is 5.56 Å². The molecule has 120 valence electrons. The van der Waals surface area contributed by atoms with E-state index in [1.54, 1.807) is 11.5 Å². The molecule has 0 radical (unpaired) electrons. The highest BCUT2D eigenvalue weighted by Crippen LogP contribution is 2.29. The van der Waals surface area contributed by atoms with Crippen molar-refractivity contribution in [3.05, 3.63) is 42.2 Å². The van der Waals surface area contributed by atoms with Crippen LogP contribution < -0.4 is 4.90 Å². The first-order chi connectivity index (χ1) is 11.3. The van der Waals surface area contributed by atoms with Gasteiger partial charge in [0, 0.05) is 44.3 Å².